The van der Waals surface area contributed by atoms with Crippen molar-refractivity contribution in [2.24, 2.45) is 0 Å². The summed E-state index contributed by atoms with van der Waals surface area (Å²) in [5.41, 5.74) is 9.08. The fraction of sp³-hybridized carbons (Fsp3) is 0.750. The smallest absolute Gasteiger partial charge is 0.101 e. The summed E-state index contributed by atoms with van der Waals surface area (Å²) < 4.78 is 0. The summed E-state index contributed by atoms with van der Waals surface area (Å²) >= 11 is 42.4. The molecule has 0 atom stereocenters. The van der Waals surface area contributed by atoms with E-state index >= 15 is 0 Å². The molecule has 0 saturated carbocycles. The number of hydrogen-bond acceptors (Lipinski definition) is 2. The molecule has 0 aromatic heterocycles. The van der Waals surface area contributed by atoms with Crippen LogP contribution in [-0.4, -0.2) is 167 Å². The first kappa shape index (κ1) is 124. The SMILES string of the molecule is I[I-]I.I[I-]I.I[I-]I.I[I-]I.I[I-]I.I[I-]I.I[I-]I.I[I-]I.[I-].[I-].[I-].[I-].c1c2cc3cc1C[NH2+]CCC[NH2+]CCN(CC[NH2+]CCC[NH2+]C2)CC[NH2+]CCC[NH2+]C3.c1c2cc3cc1C[NH2+]CCC[NH2+]CCN(CC[NH2+]CCC[NH2+]C2)CC[NH2+]CCC[NH2+]C3. The van der Waals surface area contributed by atoms with E-state index in [1.807, 2.05) is 0 Å². The molecule has 0 amide bonds. The summed E-state index contributed by atoms with van der Waals surface area (Å²) in [6.07, 6.45) is 7.81. The van der Waals surface area contributed by atoms with Crippen molar-refractivity contribution in [3.05, 3.63) is 69.8 Å². The molecular formula is C48H102I28N14. The molecule has 0 unspecified atom stereocenters. The Morgan fingerprint density at radius 1 is 0.200 bits per heavy atom. The van der Waals surface area contributed by atoms with E-state index in [1.54, 1.807) is 0 Å². The molecule has 8 rings (SSSR count). The number of fused-ring (bicyclic) bond motifs is 42. The van der Waals surface area contributed by atoms with Gasteiger partial charge in [0.05, 0.1) is 118 Å². The Balaban J connectivity index is -0.000000178. The van der Waals surface area contributed by atoms with Gasteiger partial charge in [0.2, 0.25) is 0 Å². The minimum atomic E-state index is 0. The molecule has 0 fully saturated rings. The Bertz CT molecular complexity index is 1300. The van der Waals surface area contributed by atoms with Gasteiger partial charge in [-0.3, -0.25) is 9.80 Å². The zero-order valence-electron chi connectivity index (χ0n) is 50.3. The summed E-state index contributed by atoms with van der Waals surface area (Å²) in [6.45, 7) is 36.6. The van der Waals surface area contributed by atoms with Crippen molar-refractivity contribution >= 4 is 298 Å². The Morgan fingerprint density at radius 3 is 0.433 bits per heavy atom. The van der Waals surface area contributed by atoms with E-state index < -0.39 is 0 Å². The first-order valence-corrected chi connectivity index (χ1v) is 129. The van der Waals surface area contributed by atoms with E-state index in [2.05, 4.69) is 408 Å². The van der Waals surface area contributed by atoms with E-state index in [9.17, 15) is 0 Å². The molecule has 42 heteroatoms. The largest absolute Gasteiger partial charge is 1.00 e. The average Bonchev–Trinajstić information content (AvgIpc) is 1.43. The van der Waals surface area contributed by atoms with Gasteiger partial charge in [-0.1, -0.05) is 0 Å². The van der Waals surface area contributed by atoms with Crippen LogP contribution in [0.1, 0.15) is 71.9 Å². The monoisotopic (exact) mass is 4430 g/mol. The van der Waals surface area contributed by atoms with Crippen molar-refractivity contribution in [2.75, 3.05) is 157 Å². The number of nitrogens with zero attached hydrogens (tertiary/aromatic N) is 2. The normalized spacial score (nSPS) is 17.7. The third-order valence-corrected chi connectivity index (χ3v) is 13.3. The van der Waals surface area contributed by atoms with Crippen LogP contribution in [0.15, 0.2) is 36.4 Å². The quantitative estimate of drug-likeness (QED) is 0.116. The molecule has 90 heavy (non-hydrogen) atoms. The van der Waals surface area contributed by atoms with Crippen molar-refractivity contribution in [3.8, 4) is 0 Å². The van der Waals surface area contributed by atoms with Gasteiger partial charge < -0.3 is 160 Å². The third-order valence-electron chi connectivity index (χ3n) is 13.3. The molecule has 2 aromatic carbocycles. The number of rotatable bonds is 0. The fourth-order valence-electron chi connectivity index (χ4n) is 9.62. The van der Waals surface area contributed by atoms with Gasteiger partial charge in [0.25, 0.3) is 0 Å². The Hall–Kier alpha value is 18.3. The zero-order valence-corrected chi connectivity index (χ0v) is 111. The van der Waals surface area contributed by atoms with Crippen LogP contribution in [0.3, 0.4) is 0 Å². The van der Waals surface area contributed by atoms with Crippen LogP contribution in [-0.2, 0) is 39.3 Å². The second-order valence-corrected chi connectivity index (χ2v) is 149. The van der Waals surface area contributed by atoms with Gasteiger partial charge in [-0.15, -0.1) is 0 Å². The fourth-order valence-corrected chi connectivity index (χ4v) is 9.62. The first-order chi connectivity index (χ1) is 42.1. The van der Waals surface area contributed by atoms with Crippen molar-refractivity contribution < 1.29 is 266 Å². The van der Waals surface area contributed by atoms with Gasteiger partial charge >= 0.3 is 404 Å². The number of nitrogens with two attached hydrogens (primary N) is 12. The molecule has 6 aliphatic rings. The molecule has 6 aliphatic heterocycles. The first-order valence-electron chi connectivity index (χ1n) is 28.6. The van der Waals surface area contributed by atoms with Crippen molar-refractivity contribution in [1.82, 2.24) is 9.80 Å². The van der Waals surface area contributed by atoms with Crippen LogP contribution < -0.4 is 266 Å². The molecule has 560 valence electrons. The molecule has 2 aromatic rings. The number of hydrogen-bond donors (Lipinski definition) is 12. The van der Waals surface area contributed by atoms with Crippen LogP contribution in [0.2, 0.25) is 0 Å². The Kier molecular flexibility index (Phi) is 154. The zero-order chi connectivity index (χ0) is 64.5. The van der Waals surface area contributed by atoms with Gasteiger partial charge in [-0.05, 0) is 36.4 Å². The second kappa shape index (κ2) is 111. The Labute approximate surface area is 853 Å². The Morgan fingerprint density at radius 2 is 0.311 bits per heavy atom. The summed E-state index contributed by atoms with van der Waals surface area (Å²) in [5, 5.41) is 30.3. The molecule has 0 radical (unpaired) electrons. The minimum Gasteiger partial charge on any atom is -1.00 e. The van der Waals surface area contributed by atoms with Gasteiger partial charge in [-0.2, -0.15) is 0 Å². The van der Waals surface area contributed by atoms with Crippen molar-refractivity contribution in [2.45, 2.75) is 77.8 Å². The molecule has 24 N–H and O–H groups in total. The molecule has 14 nitrogen and oxygen atoms in total. The predicted octanol–water partition coefficient (Wildman–Crippen LogP) is -33.6. The number of halogens is 28. The van der Waals surface area contributed by atoms with Crippen LogP contribution in [0, 0.1) is 0 Å². The topological polar surface area (TPSA) is 206 Å². The third kappa shape index (κ3) is 101. The van der Waals surface area contributed by atoms with E-state index in [0.717, 1.165) is 39.3 Å². The predicted molar refractivity (Wildman–Crippen MR) is 471 cm³/mol. The molecule has 0 spiro atoms. The second-order valence-electron chi connectivity index (χ2n) is 19.4. The average molecular weight is 4430 g/mol. The summed E-state index contributed by atoms with van der Waals surface area (Å²) in [6, 6.07) is 14.8. The maximum absolute atomic E-state index is 2.70. The minimum absolute atomic E-state index is 0. The number of quaternary nitrogens is 12. The van der Waals surface area contributed by atoms with Gasteiger partial charge in [0.15, 0.2) is 0 Å². The molecule has 0 aliphatic carbocycles. The summed E-state index contributed by atoms with van der Waals surface area (Å²) in [7, 11) is 0. The van der Waals surface area contributed by atoms with Gasteiger partial charge in [0, 0.05) is 111 Å². The van der Waals surface area contributed by atoms with Crippen LogP contribution in [0.25, 0.3) is 0 Å². The van der Waals surface area contributed by atoms with Gasteiger partial charge in [-0.25, -0.2) is 0 Å². The van der Waals surface area contributed by atoms with E-state index in [0.29, 0.717) is 106 Å². The van der Waals surface area contributed by atoms with Crippen LogP contribution in [0.5, 0.6) is 0 Å². The van der Waals surface area contributed by atoms with Crippen LogP contribution in [0.4, 0.5) is 0 Å². The molecule has 0 saturated heterocycles. The molecule has 8 bridgehead atoms. The van der Waals surface area contributed by atoms with E-state index in [-0.39, 0.29) is 95.9 Å². The van der Waals surface area contributed by atoms with E-state index in [4.69, 9.17) is 0 Å². The molecule has 6 heterocycles. The van der Waals surface area contributed by atoms with Crippen molar-refractivity contribution in [1.29, 1.82) is 0 Å². The summed E-state index contributed by atoms with van der Waals surface area (Å²) in [5.74, 6) is 0. The van der Waals surface area contributed by atoms with Crippen LogP contribution >= 0.6 is 298 Å². The summed E-state index contributed by atoms with van der Waals surface area (Å²) in [4.78, 5) is 5.40. The standard InChI is InChI=1S/2C24H45N7.8I3.4HI/c2*1-4-25-10-13-31-14-11-26-5-2-8-29-20-23-16-22(19-28-7-1)17-24(18-23)21-30-9-3-6-27-12-15-31;8*1-3-2;;;;/h2*16-18,25-30H,1-15,19-21H2;;;;;;;;;4*1H/q;;8*-1;;;;/p+8. The van der Waals surface area contributed by atoms with Gasteiger partial charge in [0.1, 0.15) is 39.3 Å². The molecular weight excluding hydrogens is 4330 g/mol. The maximum Gasteiger partial charge on any atom is 0.101 e. The number of benzene rings is 2. The van der Waals surface area contributed by atoms with E-state index in [1.165, 1.54) is 229 Å². The maximum atomic E-state index is 2.70. The van der Waals surface area contributed by atoms with Crippen molar-refractivity contribution in [3.63, 3.8) is 0 Å².